The Morgan fingerprint density at radius 3 is 2.05 bits per heavy atom. The van der Waals surface area contributed by atoms with Gasteiger partial charge in [0.25, 0.3) is 0 Å². The fourth-order valence-electron chi connectivity index (χ4n) is 1.44. The number of nitrogens with zero attached hydrogens (tertiary/aromatic N) is 2. The second kappa shape index (κ2) is 23.0. The zero-order chi connectivity index (χ0) is 16.9. The van der Waals surface area contributed by atoms with Crippen LogP contribution in [0.3, 0.4) is 0 Å². The average molecular weight is 382 g/mol. The minimum absolute atomic E-state index is 0.0811. The fourth-order valence-corrected chi connectivity index (χ4v) is 4.71. The zero-order valence-corrected chi connectivity index (χ0v) is 17.3. The molecule has 0 saturated carbocycles. The molecular weight excluding hydrogens is 347 g/mol. The van der Waals surface area contributed by atoms with Gasteiger partial charge in [-0.25, -0.2) is 0 Å². The number of unbranched alkanes of at least 4 members (excludes halogenated alkanes) is 1. The van der Waals surface area contributed by atoms with Gasteiger partial charge in [0.15, 0.2) is 0 Å². The molecule has 1 rings (SSSR count). The van der Waals surface area contributed by atoms with Gasteiger partial charge in [-0.1, -0.05) is 25.0 Å². The van der Waals surface area contributed by atoms with Crippen LogP contribution in [0, 0.1) is 0 Å². The quantitative estimate of drug-likeness (QED) is 0.315. The van der Waals surface area contributed by atoms with Gasteiger partial charge >= 0.3 is 75.1 Å². The van der Waals surface area contributed by atoms with Crippen LogP contribution in [0.25, 0.3) is 10.6 Å². The van der Waals surface area contributed by atoms with E-state index in [-0.39, 0.29) is 23.2 Å². The number of hydrogen-bond donors (Lipinski definition) is 0. The summed E-state index contributed by atoms with van der Waals surface area (Å²) < 4.78 is 3.34. The molecule has 0 aromatic rings. The van der Waals surface area contributed by atoms with Crippen LogP contribution in [0.1, 0.15) is 39.0 Å². The molecule has 0 fully saturated rings. The van der Waals surface area contributed by atoms with Crippen molar-refractivity contribution in [2.24, 2.45) is 0 Å². The average Bonchev–Trinajstić information content (AvgIpc) is 3.06. The van der Waals surface area contributed by atoms with Crippen LogP contribution < -0.4 is 0 Å². The van der Waals surface area contributed by atoms with Gasteiger partial charge in [0.1, 0.15) is 0 Å². The summed E-state index contributed by atoms with van der Waals surface area (Å²) in [5.74, 6) is 0. The second-order valence-corrected chi connectivity index (χ2v) is 8.52. The summed E-state index contributed by atoms with van der Waals surface area (Å²) in [5, 5.41) is 7.71. The molecule has 0 bridgehead atoms. The standard InChI is InChI=1S/2C5H10N.C5H5.C4H9.Zr/c2*1-3-4-5-6-2;1-2-4-5-3-1;1-3-4-2;/h2*3H,1,4-5H2,2H3;1-3H,4H2;1,3-4H2,2H3;/q2*-1;;;+2. The van der Waals surface area contributed by atoms with Crippen LogP contribution >= 0.6 is 0 Å². The van der Waals surface area contributed by atoms with Crippen molar-refractivity contribution >= 4 is 0 Å². The number of allylic oxidation sites excluding steroid dienone is 4. The van der Waals surface area contributed by atoms with E-state index in [1.807, 2.05) is 26.2 Å². The van der Waals surface area contributed by atoms with Crippen molar-refractivity contribution < 1.29 is 23.2 Å². The number of hydrogen-bond acceptors (Lipinski definition) is 0. The van der Waals surface area contributed by atoms with Crippen LogP contribution in [-0.4, -0.2) is 27.2 Å². The SMILES string of the molecule is C=CCC[N-]C.C=CCC[N-]C.CCC[CH2][Zr+2][C]1=CC=CC1. The van der Waals surface area contributed by atoms with Gasteiger partial charge in [-0.15, -0.1) is 26.2 Å². The van der Waals surface area contributed by atoms with Crippen molar-refractivity contribution in [3.05, 3.63) is 57.5 Å². The molecule has 0 unspecified atom stereocenters. The van der Waals surface area contributed by atoms with E-state index in [0.29, 0.717) is 0 Å². The monoisotopic (exact) mass is 380 g/mol. The maximum absolute atomic E-state index is 3.85. The Bertz CT molecular complexity index is 284. The Balaban J connectivity index is 0. The molecule has 2 nitrogen and oxygen atoms in total. The summed E-state index contributed by atoms with van der Waals surface area (Å²) in [6.45, 7) is 11.2. The third-order valence-electron chi connectivity index (χ3n) is 2.77. The third kappa shape index (κ3) is 22.1. The van der Waals surface area contributed by atoms with Crippen molar-refractivity contribution in [3.8, 4) is 0 Å². The van der Waals surface area contributed by atoms with E-state index < -0.39 is 0 Å². The summed E-state index contributed by atoms with van der Waals surface area (Å²) in [6.07, 6.45) is 16.7. The van der Waals surface area contributed by atoms with Crippen LogP contribution in [0.2, 0.25) is 4.13 Å². The molecule has 1 aliphatic carbocycles. The zero-order valence-electron chi connectivity index (χ0n) is 14.9. The second-order valence-electron chi connectivity index (χ2n) is 4.84. The summed E-state index contributed by atoms with van der Waals surface area (Å²) in [6, 6.07) is 0. The Labute approximate surface area is 150 Å². The molecule has 0 amide bonds. The third-order valence-corrected chi connectivity index (χ3v) is 6.28. The van der Waals surface area contributed by atoms with Gasteiger partial charge in [0, 0.05) is 0 Å². The van der Waals surface area contributed by atoms with Crippen molar-refractivity contribution in [3.63, 3.8) is 0 Å². The van der Waals surface area contributed by atoms with E-state index in [9.17, 15) is 0 Å². The van der Waals surface area contributed by atoms with Crippen LogP contribution in [0.5, 0.6) is 0 Å². The Kier molecular flexibility index (Phi) is 25.2. The summed E-state index contributed by atoms with van der Waals surface area (Å²) in [4.78, 5) is 0. The molecular formula is C19H34N2Zr. The van der Waals surface area contributed by atoms with Crippen molar-refractivity contribution in [1.82, 2.24) is 0 Å². The summed E-state index contributed by atoms with van der Waals surface area (Å²) in [5.41, 5.74) is 0. The first kappa shape index (κ1) is 24.0. The van der Waals surface area contributed by atoms with E-state index in [1.165, 1.54) is 19.3 Å². The van der Waals surface area contributed by atoms with Crippen molar-refractivity contribution in [1.29, 1.82) is 0 Å². The van der Waals surface area contributed by atoms with Gasteiger partial charge in [0.05, 0.1) is 0 Å². The van der Waals surface area contributed by atoms with Crippen LogP contribution in [-0.2, 0) is 23.2 Å². The van der Waals surface area contributed by atoms with Gasteiger partial charge < -0.3 is 10.6 Å². The van der Waals surface area contributed by atoms with Crippen molar-refractivity contribution in [2.75, 3.05) is 27.2 Å². The molecule has 1 aliphatic rings. The van der Waals surface area contributed by atoms with E-state index in [4.69, 9.17) is 0 Å². The normalized spacial score (nSPS) is 11.3. The molecule has 0 N–H and O–H groups in total. The molecule has 0 aromatic carbocycles. The number of rotatable bonds is 10. The van der Waals surface area contributed by atoms with Gasteiger partial charge in [-0.2, -0.15) is 14.1 Å². The maximum atomic E-state index is 3.85. The van der Waals surface area contributed by atoms with E-state index in [0.717, 1.165) is 25.9 Å². The fraction of sp³-hybridized carbons (Fsp3) is 0.579. The van der Waals surface area contributed by atoms with E-state index >= 15 is 0 Å². The molecule has 0 atom stereocenters. The first-order valence-corrected chi connectivity index (χ1v) is 11.2. The Hall–Kier alpha value is -0.237. The topological polar surface area (TPSA) is 28.2 Å². The molecule has 0 heterocycles. The Morgan fingerprint density at radius 2 is 1.73 bits per heavy atom. The molecule has 0 radical (unpaired) electrons. The first-order chi connectivity index (χ1) is 10.8. The predicted octanol–water partition coefficient (Wildman–Crippen LogP) is 6.26. The van der Waals surface area contributed by atoms with Gasteiger partial charge in [-0.05, 0) is 0 Å². The molecule has 0 aliphatic heterocycles. The molecule has 124 valence electrons. The summed E-state index contributed by atoms with van der Waals surface area (Å²) in [7, 11) is 3.62. The van der Waals surface area contributed by atoms with Crippen LogP contribution in [0.4, 0.5) is 0 Å². The van der Waals surface area contributed by atoms with Gasteiger partial charge in [-0.3, -0.25) is 0 Å². The molecule has 3 heteroatoms. The molecule has 0 aromatic heterocycles. The van der Waals surface area contributed by atoms with Gasteiger partial charge in [0.2, 0.25) is 0 Å². The minimum atomic E-state index is -0.0811. The van der Waals surface area contributed by atoms with Crippen LogP contribution in [0.15, 0.2) is 46.8 Å². The van der Waals surface area contributed by atoms with E-state index in [1.54, 1.807) is 7.41 Å². The predicted molar refractivity (Wildman–Crippen MR) is 99.5 cm³/mol. The molecule has 0 saturated heterocycles. The molecule has 0 spiro atoms. The molecule has 22 heavy (non-hydrogen) atoms. The first-order valence-electron chi connectivity index (χ1n) is 8.19. The Morgan fingerprint density at radius 1 is 1.14 bits per heavy atom. The van der Waals surface area contributed by atoms with E-state index in [2.05, 4.69) is 48.9 Å². The summed E-state index contributed by atoms with van der Waals surface area (Å²) >= 11 is -0.0811. The van der Waals surface area contributed by atoms with Crippen molar-refractivity contribution in [2.45, 2.75) is 43.2 Å².